The fraction of sp³-hybridized carbons (Fsp3) is 0.386. The Labute approximate surface area is 308 Å². The third-order valence-electron chi connectivity index (χ3n) is 13.0. The van der Waals surface area contributed by atoms with Crippen LogP contribution in [0.2, 0.25) is 0 Å². The number of methoxy groups -OCH3 is 1. The molecule has 276 valence electrons. The molecule has 3 aliphatic carbocycles. The molecular formula is C44H46F3N2O4+. The molecule has 6 nitrogen and oxygen atoms in total. The number of carbonyl (C=O) groups is 1. The number of quaternary nitrogens is 1. The average molecular weight is 724 g/mol. The topological polar surface area (TPSA) is 67.8 Å². The molecule has 2 heterocycles. The number of piperidine rings is 1. The first-order valence-corrected chi connectivity index (χ1v) is 18.6. The summed E-state index contributed by atoms with van der Waals surface area (Å²) < 4.78 is 57.1. The van der Waals surface area contributed by atoms with Crippen molar-refractivity contribution in [3.8, 4) is 0 Å². The molecule has 7 atom stereocenters. The molecule has 2 saturated heterocycles. The van der Waals surface area contributed by atoms with E-state index in [0.717, 1.165) is 67.0 Å². The van der Waals surface area contributed by atoms with Crippen LogP contribution in [-0.2, 0) is 14.3 Å². The minimum atomic E-state index is -4.95. The highest BCUT2D eigenvalue weighted by Gasteiger charge is 2.72. The van der Waals surface area contributed by atoms with Crippen LogP contribution in [0.3, 0.4) is 0 Å². The molecule has 9 heteroatoms. The first-order chi connectivity index (χ1) is 25.5. The highest BCUT2D eigenvalue weighted by Crippen LogP contribution is 2.68. The second-order valence-corrected chi connectivity index (χ2v) is 15.4. The third kappa shape index (κ3) is 5.79. The van der Waals surface area contributed by atoms with Crippen molar-refractivity contribution in [3.05, 3.63) is 149 Å². The van der Waals surface area contributed by atoms with E-state index in [-0.39, 0.29) is 35.3 Å². The number of hydrogen-bond acceptors (Lipinski definition) is 4. The van der Waals surface area contributed by atoms with Gasteiger partial charge in [-0.25, -0.2) is 0 Å². The van der Waals surface area contributed by atoms with Gasteiger partial charge < -0.3 is 24.4 Å². The Morgan fingerprint density at radius 1 is 1.04 bits per heavy atom. The number of carbonyl (C=O) groups excluding carboxylic acids is 1. The van der Waals surface area contributed by atoms with Crippen LogP contribution in [-0.4, -0.2) is 72.4 Å². The molecule has 2 aliphatic heterocycles. The first-order valence-electron chi connectivity index (χ1n) is 18.6. The minimum Gasteiger partial charge on any atom is -0.508 e. The molecule has 3 fully saturated rings. The molecule has 1 amide bonds. The lowest BCUT2D eigenvalue weighted by Gasteiger charge is -2.63. The van der Waals surface area contributed by atoms with E-state index in [1.807, 2.05) is 18.2 Å². The number of allylic oxidation sites excluding steroid dienone is 1. The maximum absolute atomic E-state index is 14.5. The van der Waals surface area contributed by atoms with Gasteiger partial charge >= 0.3 is 6.18 Å². The summed E-state index contributed by atoms with van der Waals surface area (Å²) in [6.07, 6.45) is 2.24. The summed E-state index contributed by atoms with van der Waals surface area (Å²) in [7, 11) is 1.34. The van der Waals surface area contributed by atoms with Crippen LogP contribution in [0.4, 0.5) is 13.2 Å². The Bertz CT molecular complexity index is 1920. The highest BCUT2D eigenvalue weighted by molar-refractivity contribution is 5.99. The third-order valence-corrected chi connectivity index (χ3v) is 13.0. The van der Waals surface area contributed by atoms with Gasteiger partial charge in [-0.1, -0.05) is 104 Å². The maximum atomic E-state index is 14.5. The van der Waals surface area contributed by atoms with Crippen LogP contribution in [0.5, 0.6) is 0 Å². The number of aliphatic hydroxyl groups is 1. The van der Waals surface area contributed by atoms with Crippen LogP contribution < -0.4 is 5.32 Å². The molecule has 1 saturated carbocycles. The van der Waals surface area contributed by atoms with Gasteiger partial charge in [0.2, 0.25) is 0 Å². The zero-order valence-electron chi connectivity index (χ0n) is 29.9. The van der Waals surface area contributed by atoms with E-state index >= 15 is 0 Å². The van der Waals surface area contributed by atoms with Crippen molar-refractivity contribution in [1.82, 2.24) is 5.32 Å². The molecule has 0 radical (unpaired) electrons. The van der Waals surface area contributed by atoms with Gasteiger partial charge in [-0.3, -0.25) is 4.79 Å². The summed E-state index contributed by atoms with van der Waals surface area (Å²) in [6, 6.07) is 29.3. The van der Waals surface area contributed by atoms with Gasteiger partial charge in [-0.05, 0) is 47.3 Å². The largest absolute Gasteiger partial charge is 0.508 e. The summed E-state index contributed by atoms with van der Waals surface area (Å²) in [5.74, 6) is -1.09. The number of nitrogens with zero attached hydrogens (tertiary/aromatic N) is 1. The number of amides is 1. The Morgan fingerprint density at radius 2 is 1.68 bits per heavy atom. The lowest BCUT2D eigenvalue weighted by molar-refractivity contribution is -0.959. The molecule has 1 spiro atoms. The molecule has 2 N–H and O–H groups in total. The van der Waals surface area contributed by atoms with Crippen molar-refractivity contribution in [2.24, 2.45) is 11.3 Å². The van der Waals surface area contributed by atoms with Gasteiger partial charge in [-0.2, -0.15) is 13.2 Å². The molecule has 0 aromatic heterocycles. The Morgan fingerprint density at radius 3 is 2.28 bits per heavy atom. The summed E-state index contributed by atoms with van der Waals surface area (Å²) in [5, 5.41) is 14.6. The number of aliphatic hydroxyl groups excluding tert-OH is 1. The van der Waals surface area contributed by atoms with E-state index in [1.165, 1.54) is 36.4 Å². The molecule has 2 bridgehead atoms. The van der Waals surface area contributed by atoms with Crippen LogP contribution in [0.1, 0.15) is 54.7 Å². The summed E-state index contributed by atoms with van der Waals surface area (Å²) in [6.45, 7) is 6.71. The van der Waals surface area contributed by atoms with Gasteiger partial charge in [0.1, 0.15) is 17.4 Å². The lowest BCUT2D eigenvalue weighted by Crippen LogP contribution is -2.71. The van der Waals surface area contributed by atoms with Crippen LogP contribution >= 0.6 is 0 Å². The monoisotopic (exact) mass is 723 g/mol. The zero-order chi connectivity index (χ0) is 37.0. The molecular weight excluding hydrogens is 677 g/mol. The summed E-state index contributed by atoms with van der Waals surface area (Å²) >= 11 is 0. The fourth-order valence-corrected chi connectivity index (χ4v) is 10.8. The number of halogens is 3. The molecule has 3 aromatic carbocycles. The first kappa shape index (κ1) is 35.6. The number of benzene rings is 3. The van der Waals surface area contributed by atoms with E-state index in [1.54, 1.807) is 18.2 Å². The molecule has 53 heavy (non-hydrogen) atoms. The van der Waals surface area contributed by atoms with Crippen molar-refractivity contribution in [2.45, 2.75) is 68.2 Å². The highest BCUT2D eigenvalue weighted by atomic mass is 19.4. The number of likely N-dealkylation sites (tertiary alicyclic amines) is 1. The summed E-state index contributed by atoms with van der Waals surface area (Å²) in [4.78, 5) is 13.7. The molecule has 3 unspecified atom stereocenters. The normalized spacial score (nSPS) is 31.9. The number of nitrogens with one attached hydrogen (secondary N) is 1. The lowest BCUT2D eigenvalue weighted by atomic mass is 9.49. The van der Waals surface area contributed by atoms with Gasteiger partial charge in [0, 0.05) is 42.9 Å². The predicted molar refractivity (Wildman–Crippen MR) is 197 cm³/mol. The van der Waals surface area contributed by atoms with Crippen molar-refractivity contribution < 1.29 is 37.0 Å². The van der Waals surface area contributed by atoms with E-state index in [4.69, 9.17) is 9.47 Å². The number of hydrogen-bond donors (Lipinski definition) is 2. The fourth-order valence-electron chi connectivity index (χ4n) is 10.8. The van der Waals surface area contributed by atoms with E-state index < -0.39 is 34.9 Å². The molecule has 5 aliphatic rings. The van der Waals surface area contributed by atoms with Crippen molar-refractivity contribution >= 4 is 12.0 Å². The second-order valence-electron chi connectivity index (χ2n) is 15.4. The standard InChI is InChI=1S/C44H45F3N2O4/c1-3-23-49(28-33(30-16-9-5-10-17-30)31-18-11-6-12-19-31)24-22-42-34-20-13-21-38(42)53-40-39(42)32(26-36(34)49)37(50)27-43(40,52-2)48-41(51)35(44(45,46)47)25-29-14-7-4-8-15-29/h3-12,14-19,25,27,33-34,36,38,40H,1,13,20-24,26,28H2,2H3,(H-,48,50,51)/p+1/t34-,36+,38-,40?,42+,43?,49?/m0/s1. The van der Waals surface area contributed by atoms with E-state index in [9.17, 15) is 23.1 Å². The average Bonchev–Trinajstić information content (AvgIpc) is 3.51. The van der Waals surface area contributed by atoms with E-state index in [2.05, 4.69) is 60.4 Å². The summed E-state index contributed by atoms with van der Waals surface area (Å²) in [5.41, 5.74) is 0.764. The zero-order valence-corrected chi connectivity index (χ0v) is 29.9. The van der Waals surface area contributed by atoms with Gasteiger partial charge in [-0.15, -0.1) is 0 Å². The van der Waals surface area contributed by atoms with Gasteiger partial charge in [0.25, 0.3) is 5.91 Å². The quantitative estimate of drug-likeness (QED) is 0.0955. The van der Waals surface area contributed by atoms with Crippen LogP contribution in [0, 0.1) is 11.3 Å². The Kier molecular flexibility index (Phi) is 9.03. The van der Waals surface area contributed by atoms with Crippen molar-refractivity contribution in [2.75, 3.05) is 26.7 Å². The SMILES string of the molecule is C=CC[N+]1(CC(c2ccccc2)c2ccccc2)CC[C@@]23C4=C5C[C@@H]1[C@@H]2CCC[C@@H]3OC4C(NC(=O)C(=Cc1ccccc1)C(F)(F)F)(OC)C=C5O. The van der Waals surface area contributed by atoms with E-state index in [0.29, 0.717) is 6.42 Å². The Hall–Kier alpha value is -4.44. The Balaban J connectivity index is 1.19. The van der Waals surface area contributed by atoms with Crippen LogP contribution in [0.15, 0.2) is 132 Å². The number of rotatable bonds is 10. The maximum Gasteiger partial charge on any atom is 0.421 e. The minimum absolute atomic E-state index is 0.0714. The van der Waals surface area contributed by atoms with Crippen molar-refractivity contribution in [3.63, 3.8) is 0 Å². The number of ether oxygens (including phenoxy) is 2. The molecule has 8 rings (SSSR count). The molecule has 3 aromatic rings. The number of alkyl halides is 3. The van der Waals surface area contributed by atoms with Gasteiger partial charge in [0.05, 0.1) is 37.7 Å². The smallest absolute Gasteiger partial charge is 0.421 e. The van der Waals surface area contributed by atoms with Crippen molar-refractivity contribution in [1.29, 1.82) is 0 Å². The second kappa shape index (κ2) is 13.4. The van der Waals surface area contributed by atoms with Crippen LogP contribution in [0.25, 0.3) is 6.08 Å². The predicted octanol–water partition coefficient (Wildman–Crippen LogP) is 8.41. The van der Waals surface area contributed by atoms with Gasteiger partial charge in [0.15, 0.2) is 5.72 Å².